The summed E-state index contributed by atoms with van der Waals surface area (Å²) >= 11 is 14.1. The Kier molecular flexibility index (Phi) is 28.2. The topological polar surface area (TPSA) is 234 Å². The highest BCUT2D eigenvalue weighted by Gasteiger charge is 2.54. The second-order valence-corrected chi connectivity index (χ2v) is 46.0. The van der Waals surface area contributed by atoms with Crippen LogP contribution in [0.25, 0.3) is 54.2 Å². The molecule has 12 aliphatic rings. The Morgan fingerprint density at radius 2 is 0.685 bits per heavy atom. The first-order chi connectivity index (χ1) is 70.1. The van der Waals surface area contributed by atoms with Crippen LogP contribution >= 0.6 is 63.7 Å². The van der Waals surface area contributed by atoms with Crippen LogP contribution in [0.1, 0.15) is 227 Å². The van der Waals surface area contributed by atoms with Crippen molar-refractivity contribution in [3.05, 3.63) is 280 Å². The molecule has 146 heavy (non-hydrogen) atoms. The average Bonchev–Trinajstić information content (AvgIpc) is 1.44. The minimum absolute atomic E-state index is 0.0155. The third-order valence-corrected chi connectivity index (χ3v) is 34.6. The van der Waals surface area contributed by atoms with E-state index in [4.69, 9.17) is 66.5 Å². The third kappa shape index (κ3) is 19.5. The predicted molar refractivity (Wildman–Crippen MR) is 589 cm³/mol. The first-order valence-corrected chi connectivity index (χ1v) is 54.2. The van der Waals surface area contributed by atoms with Crippen molar-refractivity contribution in [3.8, 4) is 46.0 Å². The number of aliphatic imine (C=N–C) groups is 2. The fourth-order valence-electron chi connectivity index (χ4n) is 23.1. The Morgan fingerprint density at radius 1 is 0.370 bits per heavy atom. The minimum Gasteiger partial charge on any atom is -0.457 e. The molecule has 12 aliphatic heterocycles. The van der Waals surface area contributed by atoms with Crippen LogP contribution in [-0.2, 0) is 47.2 Å². The lowest BCUT2D eigenvalue weighted by Crippen LogP contribution is -2.55. The maximum Gasteiger partial charge on any atom is 0.494 e. The van der Waals surface area contributed by atoms with Crippen LogP contribution in [0.5, 0.6) is 46.0 Å². The number of rotatable bonds is 12. The van der Waals surface area contributed by atoms with Crippen LogP contribution in [0.3, 0.4) is 0 Å². The van der Waals surface area contributed by atoms with Crippen molar-refractivity contribution in [3.63, 3.8) is 0 Å². The summed E-state index contributed by atoms with van der Waals surface area (Å²) in [7, 11) is 1.85. The molecule has 28 heteroatoms. The van der Waals surface area contributed by atoms with Crippen LogP contribution < -0.4 is 40.5 Å². The molecule has 12 heterocycles. The standard InChI is InChI=1S/C52H60N6O9.C30H36B2O5.2C18H12Br2O/c1-30-38-11-8-34(37-26-41(54-29-37)43-7-5-19-58(43)50(60)48(56-52(62)64-3)32-16-22-66-23-17-32)27-45(38)67-44-13-10-35-24-33(9-12-39(35)46(30)44)36-25-40(53-28-36)42-6-4-18-57(42)49(59)47(55-51(61)63-2)31-14-20-65-21-15-31;1-18-22-13-11-21(32-36-29(6,7)30(8,9)37-32)17-25(22)33-24-15-10-19-16-20(12-14-23(19)26(18)24)31-34-27(2,3)28(4,5)35-31;2*1-10-14-5-3-13(20)9-17(14)21-16-7-2-11-8-12(19)4-6-15(11)18(10)16/h8-13,24,27-32,42-43,47-48H,4-7,14-23,25-26H2,1-3H3,(H,55,61)(H,56,62);10-18H,1-9H3;2*2-10H,1H3/t30?,42-,43-,47-,48-;;;/m0.../s1. The van der Waals surface area contributed by atoms with Crippen LogP contribution in [0.4, 0.5) is 9.59 Å². The molecule has 12 aromatic rings. The molecule has 6 fully saturated rings. The van der Waals surface area contributed by atoms with E-state index < -0.39 is 31.4 Å². The molecule has 752 valence electrons. The lowest BCUT2D eigenvalue weighted by molar-refractivity contribution is -0.136. The molecule has 0 spiro atoms. The number of nitrogens with one attached hydrogen (secondary N) is 2. The lowest BCUT2D eigenvalue weighted by Gasteiger charge is -2.34. The van der Waals surface area contributed by atoms with Gasteiger partial charge in [-0.25, -0.2) is 9.59 Å². The lowest BCUT2D eigenvalue weighted by atomic mass is 9.76. The van der Waals surface area contributed by atoms with E-state index in [-0.39, 0.29) is 77.1 Å². The number of amides is 4. The highest BCUT2D eigenvalue weighted by molar-refractivity contribution is 9.11. The van der Waals surface area contributed by atoms with Crippen molar-refractivity contribution >= 4 is 179 Å². The number of carbonyl (C=O) groups is 4. The van der Waals surface area contributed by atoms with Crippen LogP contribution in [0.15, 0.2) is 234 Å². The van der Waals surface area contributed by atoms with Gasteiger partial charge in [0.15, 0.2) is 0 Å². The normalized spacial score (nSPS) is 21.8. The molecule has 12 aromatic carbocycles. The summed E-state index contributed by atoms with van der Waals surface area (Å²) in [6, 6.07) is 66.4. The highest BCUT2D eigenvalue weighted by Crippen LogP contribution is 2.55. The number of likely N-dealkylation sites (tertiary alicyclic amines) is 2. The SMILES string of the molecule is CC1c2ccc(B3OC(C)(C)C(C)(C)O3)cc2Oc2ccc3cc(B4OC(C)(C)C(C)(C)O4)ccc3c21.CC1c2ccc(Br)cc2Oc2ccc3cc(Br)ccc3c21.CC1c2ccc(Br)cc2Oc2ccc3cc(Br)ccc3c21.COC(=O)N[C@H](C(=O)N1CCC[C@H]1C1=NC=C(c2ccc3c(c2)Oc2ccc4cc(C5=CN=C([C@@H]6CCCN6C(=O)[C@@H](NC(=O)OC)C6CCOCC6)C5)ccc4c2C3C)C1)C1CCOCC1. The summed E-state index contributed by atoms with van der Waals surface area (Å²) in [5.41, 5.74) is 16.4. The second kappa shape index (κ2) is 40.8. The summed E-state index contributed by atoms with van der Waals surface area (Å²) in [6.45, 7) is 29.1. The van der Waals surface area contributed by atoms with Gasteiger partial charge in [0.05, 0.1) is 48.7 Å². The number of nitrogens with zero attached hydrogens (tertiary/aromatic N) is 4. The molecule has 8 atom stereocenters. The molecule has 0 aromatic heterocycles. The Morgan fingerprint density at radius 3 is 1.09 bits per heavy atom. The van der Waals surface area contributed by atoms with Crippen molar-refractivity contribution in [1.82, 2.24) is 20.4 Å². The van der Waals surface area contributed by atoms with Crippen molar-refractivity contribution in [2.24, 2.45) is 21.8 Å². The number of methoxy groups -OCH3 is 2. The van der Waals surface area contributed by atoms with E-state index in [1.165, 1.54) is 69.0 Å². The molecule has 0 radical (unpaired) electrons. The van der Waals surface area contributed by atoms with E-state index in [0.717, 1.165) is 167 Å². The zero-order valence-electron chi connectivity index (χ0n) is 84.7. The molecular weight excluding hydrogens is 2100 g/mol. The van der Waals surface area contributed by atoms with Gasteiger partial charge in [-0.1, -0.05) is 195 Å². The summed E-state index contributed by atoms with van der Waals surface area (Å²) in [5.74, 6) is 7.94. The number of alkyl carbamates (subject to hydrolysis) is 2. The Balaban J connectivity index is 0.000000131. The van der Waals surface area contributed by atoms with Crippen LogP contribution in [0.2, 0.25) is 0 Å². The zero-order chi connectivity index (χ0) is 102. The van der Waals surface area contributed by atoms with Crippen molar-refractivity contribution in [1.29, 1.82) is 0 Å². The maximum absolute atomic E-state index is 14.1. The number of hydrogen-bond donors (Lipinski definition) is 2. The molecule has 6 saturated heterocycles. The molecular formula is C118H120B2Br4N6O16. The third-order valence-electron chi connectivity index (χ3n) is 32.6. The maximum atomic E-state index is 14.1. The van der Waals surface area contributed by atoms with Crippen molar-refractivity contribution in [2.75, 3.05) is 53.7 Å². The predicted octanol–water partition coefficient (Wildman–Crippen LogP) is 26.7. The smallest absolute Gasteiger partial charge is 0.457 e. The summed E-state index contributed by atoms with van der Waals surface area (Å²) < 4.78 is 75.8. The molecule has 24 rings (SSSR count). The number of carbonyl (C=O) groups excluding carboxylic acids is 4. The van der Waals surface area contributed by atoms with Gasteiger partial charge < -0.3 is 76.9 Å². The number of hydrogen-bond acceptors (Lipinski definition) is 18. The van der Waals surface area contributed by atoms with E-state index in [2.05, 4.69) is 339 Å². The Labute approximate surface area is 887 Å². The van der Waals surface area contributed by atoms with Gasteiger partial charge in [0, 0.05) is 162 Å². The van der Waals surface area contributed by atoms with Gasteiger partial charge in [-0.3, -0.25) is 19.6 Å². The first-order valence-electron chi connectivity index (χ1n) is 51.0. The summed E-state index contributed by atoms with van der Waals surface area (Å²) in [4.78, 5) is 66.6. The van der Waals surface area contributed by atoms with E-state index in [0.29, 0.717) is 89.9 Å². The zero-order valence-corrected chi connectivity index (χ0v) is 91.0. The largest absolute Gasteiger partial charge is 0.494 e. The Hall–Kier alpha value is -11.0. The van der Waals surface area contributed by atoms with Gasteiger partial charge in [0.25, 0.3) is 0 Å². The number of ether oxygens (including phenoxy) is 8. The van der Waals surface area contributed by atoms with E-state index in [1.54, 1.807) is 0 Å². The molecule has 0 saturated carbocycles. The highest BCUT2D eigenvalue weighted by atomic mass is 79.9. The second-order valence-electron chi connectivity index (χ2n) is 42.4. The molecule has 2 N–H and O–H groups in total. The van der Waals surface area contributed by atoms with Gasteiger partial charge in [-0.2, -0.15) is 0 Å². The summed E-state index contributed by atoms with van der Waals surface area (Å²) in [5, 5.41) is 15.3. The van der Waals surface area contributed by atoms with E-state index in [1.807, 2.05) is 34.3 Å². The quantitative estimate of drug-likeness (QED) is 0.108. The first kappa shape index (κ1) is 101. The number of benzene rings is 12. The van der Waals surface area contributed by atoms with Gasteiger partial charge in [0.1, 0.15) is 58.1 Å². The van der Waals surface area contributed by atoms with Crippen molar-refractivity contribution < 1.29 is 75.7 Å². The summed E-state index contributed by atoms with van der Waals surface area (Å²) in [6.07, 6.45) is 10.2. The van der Waals surface area contributed by atoms with Crippen molar-refractivity contribution in [2.45, 2.75) is 218 Å². The molecule has 4 unspecified atom stereocenters. The number of allylic oxidation sites excluding steroid dienone is 2. The Bertz CT molecular complexity index is 7200. The van der Waals surface area contributed by atoms with Gasteiger partial charge in [-0.05, 0) is 286 Å². The molecule has 0 bridgehead atoms. The van der Waals surface area contributed by atoms with E-state index in [9.17, 15) is 19.2 Å². The fraction of sp³-hybridized carbons (Fsp3) is 0.373. The molecule has 4 amide bonds. The van der Waals surface area contributed by atoms with Gasteiger partial charge >= 0.3 is 26.4 Å². The fourth-order valence-corrected chi connectivity index (χ4v) is 24.5. The monoisotopic (exact) mass is 2210 g/mol. The average molecular weight is 2220 g/mol. The molecule has 0 aliphatic carbocycles. The number of fused-ring (bicyclic) bond motifs is 16. The van der Waals surface area contributed by atoms with Crippen LogP contribution in [0, 0.1) is 11.8 Å². The van der Waals surface area contributed by atoms with E-state index >= 15 is 0 Å². The minimum atomic E-state index is -0.671. The molecule has 22 nitrogen and oxygen atoms in total. The number of halogens is 4. The van der Waals surface area contributed by atoms with Crippen LogP contribution in [-0.4, -0.2) is 160 Å². The van der Waals surface area contributed by atoms with Gasteiger partial charge in [0.2, 0.25) is 11.8 Å². The van der Waals surface area contributed by atoms with Gasteiger partial charge in [-0.15, -0.1) is 0 Å².